The normalized spacial score (nSPS) is 16.3. The Bertz CT molecular complexity index is 925. The lowest BCUT2D eigenvalue weighted by Crippen LogP contribution is -2.25. The number of aryl methyl sites for hydroxylation is 1. The molecule has 1 N–H and O–H groups in total. The Hall–Kier alpha value is -2.80. The molecule has 3 aromatic rings. The van der Waals surface area contributed by atoms with Crippen molar-refractivity contribution in [3.63, 3.8) is 0 Å². The first kappa shape index (κ1) is 18.6. The van der Waals surface area contributed by atoms with Crippen molar-refractivity contribution in [2.45, 2.75) is 38.8 Å². The number of amides is 1. The molecule has 1 atom stereocenters. The second kappa shape index (κ2) is 8.48. The quantitative estimate of drug-likeness (QED) is 0.690. The number of hydrogen-bond donors (Lipinski definition) is 1. The molecule has 0 bridgehead atoms. The highest BCUT2D eigenvalue weighted by Gasteiger charge is 2.28. The highest BCUT2D eigenvalue weighted by atomic mass is 32.1. The first-order valence-corrected chi connectivity index (χ1v) is 10.5. The largest absolute Gasteiger partial charge is 0.348 e. The fourth-order valence-electron chi connectivity index (χ4n) is 3.46. The Labute approximate surface area is 168 Å². The van der Waals surface area contributed by atoms with Crippen LogP contribution in [-0.4, -0.2) is 27.4 Å². The van der Waals surface area contributed by atoms with E-state index in [2.05, 4.69) is 38.2 Å². The van der Waals surface area contributed by atoms with Crippen LogP contribution in [0.15, 0.2) is 48.1 Å². The molecule has 1 aliphatic heterocycles. The van der Waals surface area contributed by atoms with Crippen molar-refractivity contribution in [1.29, 1.82) is 0 Å². The molecule has 144 valence electrons. The third-order valence-electron chi connectivity index (χ3n) is 4.95. The summed E-state index contributed by atoms with van der Waals surface area (Å²) in [4.78, 5) is 28.2. The van der Waals surface area contributed by atoms with E-state index in [1.54, 1.807) is 17.5 Å². The standard InChI is InChI=1S/C21H23N5OS/c1-2-16-14-28-20(25-16)13-24-21(27)15-8-9-19(23-12-15)26-11-5-7-18(26)17-6-3-4-10-22-17/h3-4,6,8-10,12,14,18H,2,5,7,11,13H2,1H3,(H,24,27)/t18-/m1/s1. The minimum absolute atomic E-state index is 0.130. The van der Waals surface area contributed by atoms with Gasteiger partial charge < -0.3 is 10.2 Å². The van der Waals surface area contributed by atoms with Gasteiger partial charge in [0.15, 0.2) is 0 Å². The smallest absolute Gasteiger partial charge is 0.253 e. The number of carbonyl (C=O) groups excluding carboxylic acids is 1. The Morgan fingerprint density at radius 3 is 2.93 bits per heavy atom. The molecule has 1 saturated heterocycles. The molecule has 0 aliphatic carbocycles. The molecular formula is C21H23N5OS. The molecule has 0 spiro atoms. The van der Waals surface area contributed by atoms with Crippen LogP contribution in [0, 0.1) is 0 Å². The lowest BCUT2D eigenvalue weighted by molar-refractivity contribution is 0.0950. The van der Waals surface area contributed by atoms with E-state index in [1.807, 2.05) is 35.8 Å². The molecule has 7 heteroatoms. The van der Waals surface area contributed by atoms with Gasteiger partial charge >= 0.3 is 0 Å². The number of carbonyl (C=O) groups is 1. The number of nitrogens with one attached hydrogen (secondary N) is 1. The third-order valence-corrected chi connectivity index (χ3v) is 5.85. The van der Waals surface area contributed by atoms with Crippen LogP contribution in [0.4, 0.5) is 5.82 Å². The van der Waals surface area contributed by atoms with Crippen molar-refractivity contribution in [2.24, 2.45) is 0 Å². The lowest BCUT2D eigenvalue weighted by Gasteiger charge is -2.25. The van der Waals surface area contributed by atoms with E-state index in [9.17, 15) is 4.79 Å². The van der Waals surface area contributed by atoms with Crippen molar-refractivity contribution < 1.29 is 4.79 Å². The fourth-order valence-corrected chi connectivity index (χ4v) is 4.28. The first-order chi connectivity index (χ1) is 13.7. The van der Waals surface area contributed by atoms with Crippen LogP contribution in [0.2, 0.25) is 0 Å². The van der Waals surface area contributed by atoms with E-state index in [0.29, 0.717) is 12.1 Å². The third kappa shape index (κ3) is 4.04. The van der Waals surface area contributed by atoms with Gasteiger partial charge in [-0.05, 0) is 43.5 Å². The van der Waals surface area contributed by atoms with Crippen LogP contribution in [0.25, 0.3) is 0 Å². The van der Waals surface area contributed by atoms with Crippen molar-refractivity contribution in [3.8, 4) is 0 Å². The van der Waals surface area contributed by atoms with Gasteiger partial charge in [-0.1, -0.05) is 13.0 Å². The van der Waals surface area contributed by atoms with Gasteiger partial charge in [-0.25, -0.2) is 9.97 Å². The number of thiazole rings is 1. The summed E-state index contributed by atoms with van der Waals surface area (Å²) in [5, 5.41) is 5.88. The Morgan fingerprint density at radius 2 is 2.21 bits per heavy atom. The summed E-state index contributed by atoms with van der Waals surface area (Å²) in [5.41, 5.74) is 2.69. The molecule has 1 aliphatic rings. The number of nitrogens with zero attached hydrogens (tertiary/aromatic N) is 4. The molecule has 1 fully saturated rings. The number of anilines is 1. The van der Waals surface area contributed by atoms with Crippen molar-refractivity contribution >= 4 is 23.1 Å². The number of pyridine rings is 2. The lowest BCUT2D eigenvalue weighted by atomic mass is 10.1. The average molecular weight is 394 g/mol. The summed E-state index contributed by atoms with van der Waals surface area (Å²) >= 11 is 1.57. The van der Waals surface area contributed by atoms with Gasteiger partial charge in [0.25, 0.3) is 5.91 Å². The Balaban J connectivity index is 1.41. The molecule has 28 heavy (non-hydrogen) atoms. The van der Waals surface area contributed by atoms with Gasteiger partial charge in [-0.2, -0.15) is 0 Å². The molecule has 4 heterocycles. The minimum atomic E-state index is -0.130. The van der Waals surface area contributed by atoms with Gasteiger partial charge in [-0.15, -0.1) is 11.3 Å². The van der Waals surface area contributed by atoms with Gasteiger partial charge in [0.1, 0.15) is 10.8 Å². The van der Waals surface area contributed by atoms with E-state index >= 15 is 0 Å². The van der Waals surface area contributed by atoms with Gasteiger partial charge in [-0.3, -0.25) is 9.78 Å². The zero-order chi connectivity index (χ0) is 19.3. The van der Waals surface area contributed by atoms with E-state index in [0.717, 1.165) is 48.0 Å². The van der Waals surface area contributed by atoms with Gasteiger partial charge in [0.2, 0.25) is 0 Å². The molecule has 6 nitrogen and oxygen atoms in total. The minimum Gasteiger partial charge on any atom is -0.348 e. The van der Waals surface area contributed by atoms with E-state index in [1.165, 1.54) is 0 Å². The molecule has 0 saturated carbocycles. The van der Waals surface area contributed by atoms with E-state index in [-0.39, 0.29) is 11.9 Å². The molecule has 0 unspecified atom stereocenters. The number of hydrogen-bond acceptors (Lipinski definition) is 6. The number of rotatable bonds is 6. The molecule has 1 amide bonds. The van der Waals surface area contributed by atoms with E-state index < -0.39 is 0 Å². The fraction of sp³-hybridized carbons (Fsp3) is 0.333. The maximum atomic E-state index is 12.4. The summed E-state index contributed by atoms with van der Waals surface area (Å²) in [6.07, 6.45) is 6.56. The summed E-state index contributed by atoms with van der Waals surface area (Å²) in [6.45, 7) is 3.46. The molecule has 4 rings (SSSR count). The summed E-state index contributed by atoms with van der Waals surface area (Å²) in [6, 6.07) is 10.0. The second-order valence-electron chi connectivity index (χ2n) is 6.78. The monoisotopic (exact) mass is 393 g/mol. The van der Waals surface area contributed by atoms with Crippen LogP contribution in [-0.2, 0) is 13.0 Å². The maximum absolute atomic E-state index is 12.4. The highest BCUT2D eigenvalue weighted by Crippen LogP contribution is 2.34. The van der Waals surface area contributed by atoms with Crippen LogP contribution >= 0.6 is 11.3 Å². The van der Waals surface area contributed by atoms with Crippen LogP contribution in [0.1, 0.15) is 52.6 Å². The summed E-state index contributed by atoms with van der Waals surface area (Å²) in [5.74, 6) is 0.757. The van der Waals surface area contributed by atoms with Crippen LogP contribution in [0.3, 0.4) is 0 Å². The first-order valence-electron chi connectivity index (χ1n) is 9.59. The van der Waals surface area contributed by atoms with Crippen molar-refractivity contribution in [3.05, 3.63) is 70.1 Å². The predicted octanol–water partition coefficient (Wildman–Crippen LogP) is 3.77. The zero-order valence-electron chi connectivity index (χ0n) is 15.8. The van der Waals surface area contributed by atoms with Crippen LogP contribution < -0.4 is 10.2 Å². The predicted molar refractivity (Wildman–Crippen MR) is 110 cm³/mol. The number of aromatic nitrogens is 3. The maximum Gasteiger partial charge on any atom is 0.253 e. The molecule has 3 aromatic heterocycles. The molecular weight excluding hydrogens is 370 g/mol. The van der Waals surface area contributed by atoms with Crippen molar-refractivity contribution in [2.75, 3.05) is 11.4 Å². The second-order valence-corrected chi connectivity index (χ2v) is 7.72. The van der Waals surface area contributed by atoms with Gasteiger partial charge in [0, 0.05) is 24.3 Å². The average Bonchev–Trinajstić information content (AvgIpc) is 3.42. The Kier molecular flexibility index (Phi) is 5.62. The zero-order valence-corrected chi connectivity index (χ0v) is 16.7. The topological polar surface area (TPSA) is 71.0 Å². The summed E-state index contributed by atoms with van der Waals surface area (Å²) in [7, 11) is 0. The van der Waals surface area contributed by atoms with Crippen molar-refractivity contribution in [1.82, 2.24) is 20.3 Å². The van der Waals surface area contributed by atoms with Gasteiger partial charge in [0.05, 0.1) is 29.5 Å². The summed E-state index contributed by atoms with van der Waals surface area (Å²) < 4.78 is 0. The Morgan fingerprint density at radius 1 is 1.29 bits per heavy atom. The highest BCUT2D eigenvalue weighted by molar-refractivity contribution is 7.09. The molecule has 0 radical (unpaired) electrons. The van der Waals surface area contributed by atoms with Crippen LogP contribution in [0.5, 0.6) is 0 Å². The SMILES string of the molecule is CCc1csc(CNC(=O)c2ccc(N3CCC[C@@H]3c3ccccn3)nc2)n1. The van der Waals surface area contributed by atoms with E-state index in [4.69, 9.17) is 0 Å². The molecule has 0 aromatic carbocycles.